The first-order valence-electron chi connectivity index (χ1n) is 6.25. The van der Waals surface area contributed by atoms with Crippen LogP contribution in [-0.2, 0) is 7.05 Å². The average molecular weight is 235 g/mol. The van der Waals surface area contributed by atoms with Crippen LogP contribution in [0.1, 0.15) is 43.4 Å². The molecule has 0 bridgehead atoms. The smallest absolute Gasteiger partial charge is 0.146 e. The second-order valence-electron chi connectivity index (χ2n) is 4.72. The average Bonchev–Trinajstić information content (AvgIpc) is 2.67. The predicted octanol–water partition coefficient (Wildman–Crippen LogP) is 1.27. The van der Waals surface area contributed by atoms with Crippen LogP contribution in [-0.4, -0.2) is 21.7 Å². The second-order valence-corrected chi connectivity index (χ2v) is 4.72. The number of hydrogen-bond acceptors (Lipinski definition) is 3. The molecule has 0 spiro atoms. The second kappa shape index (κ2) is 5.31. The number of nitrogens with one attached hydrogen (secondary N) is 1. The van der Waals surface area contributed by atoms with Gasteiger partial charge in [0.25, 0.3) is 0 Å². The standard InChI is InChI=1S/C12H21N5/c1-9-11(8-17(2)16-9)12(15-13)14-10-6-4-3-5-7-10/h8,10H,3-7,13H2,1-2H3,(H,14,15). The van der Waals surface area contributed by atoms with E-state index in [2.05, 4.69) is 10.5 Å². The fraction of sp³-hybridized carbons (Fsp3) is 0.667. The van der Waals surface area contributed by atoms with E-state index < -0.39 is 0 Å². The Bertz CT molecular complexity index is 401. The summed E-state index contributed by atoms with van der Waals surface area (Å²) in [5.41, 5.74) is 4.68. The van der Waals surface area contributed by atoms with Gasteiger partial charge < -0.3 is 5.43 Å². The van der Waals surface area contributed by atoms with Crippen LogP contribution in [0.3, 0.4) is 0 Å². The van der Waals surface area contributed by atoms with E-state index in [1.165, 1.54) is 32.1 Å². The zero-order chi connectivity index (χ0) is 12.3. The Kier molecular flexibility index (Phi) is 3.78. The van der Waals surface area contributed by atoms with Crippen LogP contribution in [0.4, 0.5) is 0 Å². The molecule has 5 heteroatoms. The summed E-state index contributed by atoms with van der Waals surface area (Å²) in [7, 11) is 1.91. The van der Waals surface area contributed by atoms with Gasteiger partial charge >= 0.3 is 0 Å². The highest BCUT2D eigenvalue weighted by molar-refractivity contribution is 5.99. The van der Waals surface area contributed by atoms with Gasteiger partial charge in [0.15, 0.2) is 0 Å². The van der Waals surface area contributed by atoms with Crippen molar-refractivity contribution in [1.82, 2.24) is 15.2 Å². The third-order valence-corrected chi connectivity index (χ3v) is 3.29. The van der Waals surface area contributed by atoms with Gasteiger partial charge in [-0.1, -0.05) is 19.3 Å². The summed E-state index contributed by atoms with van der Waals surface area (Å²) in [6.45, 7) is 1.98. The monoisotopic (exact) mass is 235 g/mol. The Balaban J connectivity index is 2.20. The molecule has 0 aromatic carbocycles. The summed E-state index contributed by atoms with van der Waals surface area (Å²) in [5, 5.41) is 4.31. The van der Waals surface area contributed by atoms with Gasteiger partial charge in [0, 0.05) is 13.2 Å². The summed E-state index contributed by atoms with van der Waals surface area (Å²) in [4.78, 5) is 4.73. The Morgan fingerprint density at radius 1 is 1.47 bits per heavy atom. The number of aromatic nitrogens is 2. The molecule has 0 atom stereocenters. The van der Waals surface area contributed by atoms with Crippen molar-refractivity contribution < 1.29 is 0 Å². The Morgan fingerprint density at radius 3 is 2.71 bits per heavy atom. The summed E-state index contributed by atoms with van der Waals surface area (Å²) in [6, 6.07) is 0.411. The molecular formula is C12H21N5. The van der Waals surface area contributed by atoms with Gasteiger partial charge in [0.2, 0.25) is 0 Å². The number of aliphatic imine (C=N–C) groups is 1. The van der Waals surface area contributed by atoms with Gasteiger partial charge in [-0.05, 0) is 19.8 Å². The summed E-state index contributed by atoms with van der Waals surface area (Å²) >= 11 is 0. The van der Waals surface area contributed by atoms with Gasteiger partial charge in [-0.2, -0.15) is 5.10 Å². The van der Waals surface area contributed by atoms with Crippen molar-refractivity contribution in [2.24, 2.45) is 17.9 Å². The quantitative estimate of drug-likeness (QED) is 0.351. The van der Waals surface area contributed by atoms with Gasteiger partial charge in [0.1, 0.15) is 5.84 Å². The van der Waals surface area contributed by atoms with Crippen molar-refractivity contribution in [3.8, 4) is 0 Å². The number of hydrazine groups is 1. The normalized spacial score (nSPS) is 18.4. The van der Waals surface area contributed by atoms with E-state index in [4.69, 9.17) is 10.8 Å². The third-order valence-electron chi connectivity index (χ3n) is 3.29. The van der Waals surface area contributed by atoms with E-state index >= 15 is 0 Å². The zero-order valence-corrected chi connectivity index (χ0v) is 10.6. The van der Waals surface area contributed by atoms with Crippen molar-refractivity contribution >= 4 is 5.84 Å². The largest absolute Gasteiger partial charge is 0.308 e. The van der Waals surface area contributed by atoms with Gasteiger partial charge in [-0.25, -0.2) is 5.84 Å². The Hall–Kier alpha value is -1.36. The van der Waals surface area contributed by atoms with Crippen molar-refractivity contribution in [2.45, 2.75) is 45.1 Å². The lowest BCUT2D eigenvalue weighted by molar-refractivity contribution is 0.442. The van der Waals surface area contributed by atoms with E-state index in [0.29, 0.717) is 6.04 Å². The van der Waals surface area contributed by atoms with Crippen molar-refractivity contribution in [2.75, 3.05) is 0 Å². The predicted molar refractivity (Wildman–Crippen MR) is 68.7 cm³/mol. The van der Waals surface area contributed by atoms with Crippen LogP contribution in [0, 0.1) is 6.92 Å². The number of aryl methyl sites for hydroxylation is 2. The van der Waals surface area contributed by atoms with Gasteiger partial charge in [0.05, 0.1) is 17.3 Å². The van der Waals surface area contributed by atoms with E-state index in [0.717, 1.165) is 17.1 Å². The molecule has 0 radical (unpaired) electrons. The van der Waals surface area contributed by atoms with Crippen LogP contribution in [0.5, 0.6) is 0 Å². The molecule has 1 fully saturated rings. The Labute approximate surface area is 102 Å². The first-order chi connectivity index (χ1) is 8.20. The molecule has 1 aliphatic rings. The lowest BCUT2D eigenvalue weighted by Gasteiger charge is -2.19. The summed E-state index contributed by atoms with van der Waals surface area (Å²) in [6.07, 6.45) is 8.19. The van der Waals surface area contributed by atoms with Crippen molar-refractivity contribution in [1.29, 1.82) is 0 Å². The van der Waals surface area contributed by atoms with Crippen LogP contribution in [0.2, 0.25) is 0 Å². The highest BCUT2D eigenvalue weighted by atomic mass is 15.3. The first-order valence-corrected chi connectivity index (χ1v) is 6.25. The summed E-state index contributed by atoms with van der Waals surface area (Å²) in [5.74, 6) is 6.35. The molecule has 0 amide bonds. The lowest BCUT2D eigenvalue weighted by Crippen LogP contribution is -2.33. The van der Waals surface area contributed by atoms with E-state index in [1.54, 1.807) is 4.68 Å². The molecule has 1 saturated carbocycles. The maximum Gasteiger partial charge on any atom is 0.146 e. The highest BCUT2D eigenvalue weighted by Gasteiger charge is 2.15. The molecule has 0 saturated heterocycles. The van der Waals surface area contributed by atoms with E-state index in [-0.39, 0.29) is 0 Å². The molecule has 17 heavy (non-hydrogen) atoms. The molecule has 5 nitrogen and oxygen atoms in total. The fourth-order valence-corrected chi connectivity index (χ4v) is 2.41. The number of hydrogen-bond donors (Lipinski definition) is 2. The number of nitrogens with two attached hydrogens (primary N) is 1. The molecule has 0 unspecified atom stereocenters. The number of nitrogens with zero attached hydrogens (tertiary/aromatic N) is 3. The maximum absolute atomic E-state index is 5.58. The van der Waals surface area contributed by atoms with E-state index in [9.17, 15) is 0 Å². The lowest BCUT2D eigenvalue weighted by atomic mass is 9.96. The molecule has 1 aromatic heterocycles. The number of rotatable bonds is 2. The molecular weight excluding hydrogens is 214 g/mol. The molecule has 94 valence electrons. The molecule has 0 aliphatic heterocycles. The van der Waals surface area contributed by atoms with Crippen LogP contribution in [0.15, 0.2) is 11.2 Å². The minimum atomic E-state index is 0.411. The van der Waals surface area contributed by atoms with Gasteiger partial charge in [-0.3, -0.25) is 9.67 Å². The third kappa shape index (κ3) is 2.85. The minimum absolute atomic E-state index is 0.411. The molecule has 1 heterocycles. The van der Waals surface area contributed by atoms with Gasteiger partial charge in [-0.15, -0.1) is 0 Å². The highest BCUT2D eigenvalue weighted by Crippen LogP contribution is 2.21. The maximum atomic E-state index is 5.58. The summed E-state index contributed by atoms with van der Waals surface area (Å²) < 4.78 is 1.79. The topological polar surface area (TPSA) is 68.2 Å². The van der Waals surface area contributed by atoms with E-state index in [1.807, 2.05) is 20.2 Å². The van der Waals surface area contributed by atoms with Crippen LogP contribution >= 0.6 is 0 Å². The van der Waals surface area contributed by atoms with Crippen LogP contribution in [0.25, 0.3) is 0 Å². The van der Waals surface area contributed by atoms with Crippen molar-refractivity contribution in [3.05, 3.63) is 17.5 Å². The molecule has 1 aliphatic carbocycles. The van der Waals surface area contributed by atoms with Crippen LogP contribution < -0.4 is 11.3 Å². The van der Waals surface area contributed by atoms with Crippen molar-refractivity contribution in [3.63, 3.8) is 0 Å². The minimum Gasteiger partial charge on any atom is -0.308 e. The number of amidine groups is 1. The molecule has 3 N–H and O–H groups in total. The molecule has 1 aromatic rings. The Morgan fingerprint density at radius 2 is 2.18 bits per heavy atom. The molecule has 2 rings (SSSR count). The fourth-order valence-electron chi connectivity index (χ4n) is 2.41. The zero-order valence-electron chi connectivity index (χ0n) is 10.6. The SMILES string of the molecule is Cc1nn(C)cc1C(=NC1CCCCC1)NN. The first kappa shape index (κ1) is 12.1.